The first-order valence-electron chi connectivity index (χ1n) is 10.7. The van der Waals surface area contributed by atoms with Gasteiger partial charge in [-0.05, 0) is 52.0 Å². The Morgan fingerprint density at radius 3 is 2.80 bits per heavy atom. The van der Waals surface area contributed by atoms with Crippen LogP contribution >= 0.6 is 0 Å². The Morgan fingerprint density at radius 1 is 1.23 bits per heavy atom. The Morgan fingerprint density at radius 2 is 2.03 bits per heavy atom. The van der Waals surface area contributed by atoms with Crippen molar-refractivity contribution in [2.24, 2.45) is 15.9 Å². The second kappa shape index (κ2) is 10.2. The van der Waals surface area contributed by atoms with Crippen molar-refractivity contribution in [3.63, 3.8) is 0 Å². The topological polar surface area (TPSA) is 127 Å². The number of hydrogen-bond acceptors (Lipinski definition) is 7. The van der Waals surface area contributed by atoms with Gasteiger partial charge in [0.1, 0.15) is 0 Å². The van der Waals surface area contributed by atoms with Crippen LogP contribution in [-0.4, -0.2) is 82.2 Å². The predicted octanol–water partition coefficient (Wildman–Crippen LogP) is 0.234. The van der Waals surface area contributed by atoms with Gasteiger partial charge in [-0.1, -0.05) is 0 Å². The van der Waals surface area contributed by atoms with Gasteiger partial charge in [0.25, 0.3) is 0 Å². The van der Waals surface area contributed by atoms with Crippen LogP contribution in [0.3, 0.4) is 0 Å². The molecule has 1 saturated carbocycles. The first kappa shape index (κ1) is 23.1. The van der Waals surface area contributed by atoms with Gasteiger partial charge in [0, 0.05) is 43.5 Å². The molecule has 3 aliphatic rings. The molecule has 170 valence electrons. The smallest absolute Gasteiger partial charge is 0.317 e. The van der Waals surface area contributed by atoms with Crippen molar-refractivity contribution in [1.29, 1.82) is 0 Å². The van der Waals surface area contributed by atoms with Gasteiger partial charge >= 0.3 is 6.03 Å². The molecule has 4 unspecified atom stereocenters. The molecule has 10 nitrogen and oxygen atoms in total. The van der Waals surface area contributed by atoms with Crippen LogP contribution in [0.2, 0.25) is 0 Å². The Hall–Kier alpha value is -1.56. The Bertz CT molecular complexity index is 783. The molecule has 2 aliphatic heterocycles. The Labute approximate surface area is 179 Å². The van der Waals surface area contributed by atoms with Crippen LogP contribution in [0.4, 0.5) is 4.79 Å². The summed E-state index contributed by atoms with van der Waals surface area (Å²) in [4.78, 5) is 23.8. The van der Waals surface area contributed by atoms with Crippen LogP contribution in [-0.2, 0) is 10.0 Å². The summed E-state index contributed by atoms with van der Waals surface area (Å²) < 4.78 is 24.8. The number of urea groups is 1. The van der Waals surface area contributed by atoms with Crippen molar-refractivity contribution in [2.75, 3.05) is 32.9 Å². The van der Waals surface area contributed by atoms with Crippen LogP contribution in [0.1, 0.15) is 45.4 Å². The molecule has 4 atom stereocenters. The van der Waals surface area contributed by atoms with Crippen molar-refractivity contribution < 1.29 is 13.2 Å². The van der Waals surface area contributed by atoms with E-state index >= 15 is 0 Å². The van der Waals surface area contributed by atoms with Crippen LogP contribution in [0, 0.1) is 5.92 Å². The van der Waals surface area contributed by atoms with Gasteiger partial charge in [0.05, 0.1) is 12.4 Å². The minimum absolute atomic E-state index is 0.0372. The summed E-state index contributed by atoms with van der Waals surface area (Å²) in [5.74, 6) is 0.518. The number of carbonyl (C=O) groups is 1. The maximum absolute atomic E-state index is 12.6. The molecule has 0 bridgehead atoms. The molecule has 0 spiro atoms. The Balaban J connectivity index is 1.47. The third kappa shape index (κ3) is 6.73. The number of carbonyl (C=O) groups excluding carboxylic acids is 1. The number of nitrogens with zero attached hydrogens (tertiary/aromatic N) is 3. The highest BCUT2D eigenvalue weighted by Gasteiger charge is 2.31. The molecule has 0 aromatic carbocycles. The maximum Gasteiger partial charge on any atom is 0.317 e. The van der Waals surface area contributed by atoms with E-state index in [1.165, 1.54) is 12.1 Å². The minimum atomic E-state index is -3.20. The third-order valence-electron chi connectivity index (χ3n) is 5.99. The molecular formula is C19H35N7O3S. The third-order valence-corrected chi connectivity index (χ3v) is 6.72. The van der Waals surface area contributed by atoms with Crippen molar-refractivity contribution >= 4 is 27.5 Å². The van der Waals surface area contributed by atoms with Gasteiger partial charge in [-0.2, -0.15) is 0 Å². The van der Waals surface area contributed by atoms with Crippen molar-refractivity contribution in [3.8, 4) is 0 Å². The lowest BCUT2D eigenvalue weighted by Gasteiger charge is -2.38. The number of amides is 2. The van der Waals surface area contributed by atoms with Gasteiger partial charge in [-0.25, -0.2) is 17.9 Å². The number of fused-ring (bicyclic) bond motifs is 1. The summed E-state index contributed by atoms with van der Waals surface area (Å²) in [6, 6.07) is -0.0361. The monoisotopic (exact) mass is 441 g/mol. The van der Waals surface area contributed by atoms with Gasteiger partial charge in [0.2, 0.25) is 10.0 Å². The van der Waals surface area contributed by atoms with E-state index < -0.39 is 16.3 Å². The lowest BCUT2D eigenvalue weighted by atomic mass is 9.80. The minimum Gasteiger partial charge on any atom is -0.335 e. The van der Waals surface area contributed by atoms with E-state index in [0.717, 1.165) is 44.2 Å². The average Bonchev–Trinajstić information content (AvgIpc) is 2.67. The van der Waals surface area contributed by atoms with Gasteiger partial charge in [-0.15, -0.1) is 0 Å². The highest BCUT2D eigenvalue weighted by atomic mass is 32.2. The second-order valence-electron chi connectivity index (χ2n) is 8.55. The fourth-order valence-electron chi connectivity index (χ4n) is 4.42. The number of nitrogens with one attached hydrogen (secondary N) is 4. The molecule has 2 amide bonds. The van der Waals surface area contributed by atoms with Crippen LogP contribution < -0.4 is 20.7 Å². The highest BCUT2D eigenvalue weighted by molar-refractivity contribution is 7.88. The molecule has 1 fully saturated rings. The molecule has 2 heterocycles. The van der Waals surface area contributed by atoms with Gasteiger partial charge < -0.3 is 16.0 Å². The van der Waals surface area contributed by atoms with E-state index in [1.807, 2.05) is 18.9 Å². The molecule has 0 aromatic rings. The summed E-state index contributed by atoms with van der Waals surface area (Å²) in [6.07, 6.45) is 6.54. The standard InChI is InChI=1S/C19H35N7O3S/c1-13-11-17(21-9-10-22-30(3,28)29)26(2)18(23-13)25-19(27)24-15-6-7-16-14(12-15)5-4-8-20-16/h14-15,17-18,21-22H,4-12H2,1-3H3,(H2,24,25,27). The van der Waals surface area contributed by atoms with E-state index in [9.17, 15) is 13.2 Å². The molecule has 0 saturated heterocycles. The first-order valence-corrected chi connectivity index (χ1v) is 12.6. The fourth-order valence-corrected chi connectivity index (χ4v) is 4.90. The largest absolute Gasteiger partial charge is 0.335 e. The SMILES string of the molecule is CC1=NC(NC(=O)NC2CCC3=NCCCC3C2)N(C)C(NCCNS(C)(=O)=O)C1. The van der Waals surface area contributed by atoms with Crippen molar-refractivity contribution in [3.05, 3.63) is 0 Å². The number of aliphatic imine (C=N–C) groups is 2. The van der Waals surface area contributed by atoms with Gasteiger partial charge in [0.15, 0.2) is 6.29 Å². The number of sulfonamides is 1. The maximum atomic E-state index is 12.6. The summed E-state index contributed by atoms with van der Waals surface area (Å²) >= 11 is 0. The molecule has 30 heavy (non-hydrogen) atoms. The predicted molar refractivity (Wildman–Crippen MR) is 118 cm³/mol. The zero-order chi connectivity index (χ0) is 21.7. The average molecular weight is 442 g/mol. The van der Waals surface area contributed by atoms with Crippen LogP contribution in [0.15, 0.2) is 9.98 Å². The summed E-state index contributed by atoms with van der Waals surface area (Å²) in [5, 5.41) is 9.41. The zero-order valence-corrected chi connectivity index (χ0v) is 19.0. The van der Waals surface area contributed by atoms with E-state index in [1.54, 1.807) is 0 Å². The molecular weight excluding hydrogens is 406 g/mol. The molecule has 11 heteroatoms. The molecule has 0 aromatic heterocycles. The van der Waals surface area contributed by atoms with Gasteiger partial charge in [-0.3, -0.25) is 14.9 Å². The zero-order valence-electron chi connectivity index (χ0n) is 18.1. The van der Waals surface area contributed by atoms with E-state index in [4.69, 9.17) is 0 Å². The second-order valence-corrected chi connectivity index (χ2v) is 10.4. The normalized spacial score (nSPS) is 30.1. The molecule has 1 aliphatic carbocycles. The van der Waals surface area contributed by atoms with Crippen molar-refractivity contribution in [2.45, 2.75) is 63.9 Å². The van der Waals surface area contributed by atoms with Crippen LogP contribution in [0.25, 0.3) is 0 Å². The van der Waals surface area contributed by atoms with E-state index in [2.05, 4.69) is 30.7 Å². The lowest BCUT2D eigenvalue weighted by molar-refractivity contribution is 0.121. The van der Waals surface area contributed by atoms with Crippen LogP contribution in [0.5, 0.6) is 0 Å². The molecule has 4 N–H and O–H groups in total. The first-order chi connectivity index (χ1) is 14.2. The lowest BCUT2D eigenvalue weighted by Crippen LogP contribution is -2.60. The highest BCUT2D eigenvalue weighted by Crippen LogP contribution is 2.29. The summed E-state index contributed by atoms with van der Waals surface area (Å²) in [5.41, 5.74) is 2.28. The van der Waals surface area contributed by atoms with Crippen molar-refractivity contribution in [1.82, 2.24) is 25.6 Å². The summed E-state index contributed by atoms with van der Waals surface area (Å²) in [6.45, 7) is 3.69. The quantitative estimate of drug-likeness (QED) is 0.421. The number of rotatable bonds is 7. The molecule has 0 radical (unpaired) electrons. The summed E-state index contributed by atoms with van der Waals surface area (Å²) in [7, 11) is -1.30. The van der Waals surface area contributed by atoms with E-state index in [-0.39, 0.29) is 18.2 Å². The Kier molecular flexibility index (Phi) is 7.83. The number of hydrogen-bond donors (Lipinski definition) is 4. The fraction of sp³-hybridized carbons (Fsp3) is 0.842. The van der Waals surface area contributed by atoms with E-state index in [0.29, 0.717) is 25.4 Å². The molecule has 3 rings (SSSR count).